The molecule has 19 heavy (non-hydrogen) atoms. The number of amides is 1. The molecule has 1 amide bonds. The van der Waals surface area contributed by atoms with Crippen LogP contribution in [-0.4, -0.2) is 48.2 Å². The highest BCUT2D eigenvalue weighted by Crippen LogP contribution is 2.33. The number of carbonyl (C=O) groups excluding carboxylic acids is 1. The summed E-state index contributed by atoms with van der Waals surface area (Å²) in [5, 5.41) is 9.50. The quantitative estimate of drug-likeness (QED) is 0.720. The molecule has 0 unspecified atom stereocenters. The van der Waals surface area contributed by atoms with Gasteiger partial charge in [-0.2, -0.15) is 0 Å². The summed E-state index contributed by atoms with van der Waals surface area (Å²) in [6.45, 7) is 0.640. The molecule has 5 heteroatoms. The van der Waals surface area contributed by atoms with Gasteiger partial charge in [0.2, 0.25) is 5.91 Å². The molecule has 0 bridgehead atoms. The van der Waals surface area contributed by atoms with E-state index in [1.807, 2.05) is 0 Å². The largest absolute Gasteiger partial charge is 0.479 e. The number of likely N-dealkylation sites (N-methyl/N-ethyl adjacent to an activating group) is 1. The van der Waals surface area contributed by atoms with E-state index in [0.29, 0.717) is 25.9 Å². The Morgan fingerprint density at radius 1 is 1.21 bits per heavy atom. The molecular formula is C14H25NO4. The van der Waals surface area contributed by atoms with Crippen LogP contribution in [0.15, 0.2) is 0 Å². The number of carbonyl (C=O) groups is 2. The number of aliphatic carboxylic acids is 1. The highest BCUT2D eigenvalue weighted by Gasteiger charge is 2.45. The maximum atomic E-state index is 12.1. The van der Waals surface area contributed by atoms with Gasteiger partial charge in [-0.05, 0) is 25.7 Å². The SMILES string of the molecule is COCCCCC(=O)N(C)C1(C(=O)O)CCCCC1. The van der Waals surface area contributed by atoms with Crippen molar-refractivity contribution < 1.29 is 19.4 Å². The van der Waals surface area contributed by atoms with Crippen molar-refractivity contribution in [1.29, 1.82) is 0 Å². The summed E-state index contributed by atoms with van der Waals surface area (Å²) >= 11 is 0. The normalized spacial score (nSPS) is 18.0. The Labute approximate surface area is 114 Å². The number of carboxylic acid groups (broad SMARTS) is 1. The van der Waals surface area contributed by atoms with Gasteiger partial charge in [-0.3, -0.25) is 4.79 Å². The molecule has 0 radical (unpaired) electrons. The van der Waals surface area contributed by atoms with Crippen LogP contribution in [0, 0.1) is 0 Å². The summed E-state index contributed by atoms with van der Waals surface area (Å²) in [7, 11) is 3.27. The minimum atomic E-state index is -0.976. The second kappa shape index (κ2) is 7.48. The van der Waals surface area contributed by atoms with E-state index >= 15 is 0 Å². The topological polar surface area (TPSA) is 66.8 Å². The van der Waals surface area contributed by atoms with Crippen molar-refractivity contribution in [2.45, 2.75) is 56.9 Å². The van der Waals surface area contributed by atoms with Gasteiger partial charge in [-0.15, -0.1) is 0 Å². The first-order valence-electron chi connectivity index (χ1n) is 7.03. The minimum Gasteiger partial charge on any atom is -0.479 e. The second-order valence-electron chi connectivity index (χ2n) is 5.30. The van der Waals surface area contributed by atoms with Crippen molar-refractivity contribution in [3.05, 3.63) is 0 Å². The maximum Gasteiger partial charge on any atom is 0.329 e. The van der Waals surface area contributed by atoms with Crippen LogP contribution in [0.5, 0.6) is 0 Å². The van der Waals surface area contributed by atoms with Crippen molar-refractivity contribution in [3.63, 3.8) is 0 Å². The summed E-state index contributed by atoms with van der Waals surface area (Å²) in [4.78, 5) is 25.2. The lowest BCUT2D eigenvalue weighted by molar-refractivity contribution is -0.160. The van der Waals surface area contributed by atoms with Crippen molar-refractivity contribution in [3.8, 4) is 0 Å². The van der Waals surface area contributed by atoms with Gasteiger partial charge in [0.1, 0.15) is 5.54 Å². The molecule has 0 aromatic rings. The van der Waals surface area contributed by atoms with E-state index in [0.717, 1.165) is 32.1 Å². The van der Waals surface area contributed by atoms with Gasteiger partial charge in [0.15, 0.2) is 0 Å². The number of carboxylic acids is 1. The molecule has 0 saturated heterocycles. The number of hydrogen-bond donors (Lipinski definition) is 1. The number of rotatable bonds is 7. The summed E-state index contributed by atoms with van der Waals surface area (Å²) < 4.78 is 4.94. The Hall–Kier alpha value is -1.10. The Morgan fingerprint density at radius 2 is 1.84 bits per heavy atom. The first-order valence-corrected chi connectivity index (χ1v) is 7.03. The van der Waals surface area contributed by atoms with Crippen LogP contribution in [0.1, 0.15) is 51.4 Å². The zero-order valence-electron chi connectivity index (χ0n) is 12.0. The lowest BCUT2D eigenvalue weighted by Gasteiger charge is -2.41. The Kier molecular flexibility index (Phi) is 6.28. The monoisotopic (exact) mass is 271 g/mol. The van der Waals surface area contributed by atoms with Crippen molar-refractivity contribution in [2.24, 2.45) is 0 Å². The number of methoxy groups -OCH3 is 1. The van der Waals surface area contributed by atoms with Gasteiger partial charge in [-0.1, -0.05) is 19.3 Å². The van der Waals surface area contributed by atoms with Crippen LogP contribution in [0.25, 0.3) is 0 Å². The van der Waals surface area contributed by atoms with E-state index in [2.05, 4.69) is 0 Å². The van der Waals surface area contributed by atoms with Crippen LogP contribution < -0.4 is 0 Å². The predicted octanol–water partition coefficient (Wildman–Crippen LogP) is 2.05. The Balaban J connectivity index is 2.58. The fourth-order valence-electron chi connectivity index (χ4n) is 2.76. The Morgan fingerprint density at radius 3 is 2.37 bits per heavy atom. The standard InChI is InChI=1S/C14H25NO4/c1-15(12(16)8-4-7-11-19-2)14(13(17)18)9-5-3-6-10-14/h3-11H2,1-2H3,(H,17,18). The van der Waals surface area contributed by atoms with Crippen LogP contribution in [0.3, 0.4) is 0 Å². The average Bonchev–Trinajstić information content (AvgIpc) is 2.43. The lowest BCUT2D eigenvalue weighted by atomic mass is 9.80. The van der Waals surface area contributed by atoms with E-state index in [1.165, 1.54) is 4.90 Å². The van der Waals surface area contributed by atoms with E-state index in [9.17, 15) is 14.7 Å². The first kappa shape index (κ1) is 16.0. The zero-order valence-corrected chi connectivity index (χ0v) is 12.0. The van der Waals surface area contributed by atoms with Crippen LogP contribution >= 0.6 is 0 Å². The van der Waals surface area contributed by atoms with E-state index in [-0.39, 0.29) is 5.91 Å². The summed E-state index contributed by atoms with van der Waals surface area (Å²) in [5.41, 5.74) is -0.976. The van der Waals surface area contributed by atoms with Crippen LogP contribution in [0.4, 0.5) is 0 Å². The molecule has 1 aliphatic rings. The molecule has 0 aliphatic heterocycles. The smallest absolute Gasteiger partial charge is 0.329 e. The fourth-order valence-corrected chi connectivity index (χ4v) is 2.76. The van der Waals surface area contributed by atoms with Gasteiger partial charge in [-0.25, -0.2) is 4.79 Å². The predicted molar refractivity (Wildman–Crippen MR) is 71.9 cm³/mol. The summed E-state index contributed by atoms with van der Waals surface area (Å²) in [6.07, 6.45) is 5.94. The summed E-state index contributed by atoms with van der Waals surface area (Å²) in [5.74, 6) is -0.930. The summed E-state index contributed by atoms with van der Waals surface area (Å²) in [6, 6.07) is 0. The van der Waals surface area contributed by atoms with E-state index < -0.39 is 11.5 Å². The van der Waals surface area contributed by atoms with Gasteiger partial charge < -0.3 is 14.7 Å². The minimum absolute atomic E-state index is 0.0691. The highest BCUT2D eigenvalue weighted by molar-refractivity contribution is 5.87. The Bertz CT molecular complexity index is 311. The zero-order chi connectivity index (χ0) is 14.3. The first-order chi connectivity index (χ1) is 9.04. The molecule has 5 nitrogen and oxygen atoms in total. The van der Waals surface area contributed by atoms with Gasteiger partial charge in [0.05, 0.1) is 0 Å². The lowest BCUT2D eigenvalue weighted by Crippen LogP contribution is -2.56. The van der Waals surface area contributed by atoms with Crippen LogP contribution in [0.2, 0.25) is 0 Å². The maximum absolute atomic E-state index is 12.1. The molecular weight excluding hydrogens is 246 g/mol. The fraction of sp³-hybridized carbons (Fsp3) is 0.857. The third kappa shape index (κ3) is 3.93. The van der Waals surface area contributed by atoms with E-state index in [4.69, 9.17) is 4.74 Å². The van der Waals surface area contributed by atoms with Crippen molar-refractivity contribution >= 4 is 11.9 Å². The number of unbranched alkanes of at least 4 members (excludes halogenated alkanes) is 1. The molecule has 1 fully saturated rings. The van der Waals surface area contributed by atoms with Gasteiger partial charge in [0.25, 0.3) is 0 Å². The van der Waals surface area contributed by atoms with Crippen molar-refractivity contribution in [2.75, 3.05) is 20.8 Å². The molecule has 0 atom stereocenters. The number of nitrogens with zero attached hydrogens (tertiary/aromatic N) is 1. The van der Waals surface area contributed by atoms with Crippen molar-refractivity contribution in [1.82, 2.24) is 4.90 Å². The van der Waals surface area contributed by atoms with Gasteiger partial charge >= 0.3 is 5.97 Å². The number of ether oxygens (including phenoxy) is 1. The molecule has 1 rings (SSSR count). The molecule has 0 aromatic carbocycles. The molecule has 1 N–H and O–H groups in total. The molecule has 1 aliphatic carbocycles. The van der Waals surface area contributed by atoms with E-state index in [1.54, 1.807) is 14.2 Å². The van der Waals surface area contributed by atoms with Crippen LogP contribution in [-0.2, 0) is 14.3 Å². The average molecular weight is 271 g/mol. The molecule has 0 spiro atoms. The molecule has 0 heterocycles. The number of hydrogen-bond acceptors (Lipinski definition) is 3. The third-order valence-electron chi connectivity index (χ3n) is 4.08. The highest BCUT2D eigenvalue weighted by atomic mass is 16.5. The molecule has 1 saturated carbocycles. The van der Waals surface area contributed by atoms with Gasteiger partial charge in [0, 0.05) is 27.2 Å². The molecule has 0 aromatic heterocycles. The second-order valence-corrected chi connectivity index (χ2v) is 5.30. The molecule has 110 valence electrons. The third-order valence-corrected chi connectivity index (χ3v) is 4.08.